The summed E-state index contributed by atoms with van der Waals surface area (Å²) in [5.74, 6) is 0.117. The molecule has 0 atom stereocenters. The molecule has 0 aliphatic rings. The number of nitrogens with zero attached hydrogens (tertiary/aromatic N) is 3. The summed E-state index contributed by atoms with van der Waals surface area (Å²) >= 11 is 0. The van der Waals surface area contributed by atoms with Gasteiger partial charge in [-0.3, -0.25) is 4.79 Å². The highest BCUT2D eigenvalue weighted by Crippen LogP contribution is 2.15. The van der Waals surface area contributed by atoms with Crippen molar-refractivity contribution in [2.75, 3.05) is 13.1 Å². The van der Waals surface area contributed by atoms with Gasteiger partial charge in [0.25, 0.3) is 5.91 Å². The van der Waals surface area contributed by atoms with Crippen molar-refractivity contribution in [2.45, 2.75) is 47.0 Å². The summed E-state index contributed by atoms with van der Waals surface area (Å²) in [6, 6.07) is 3.83. The monoisotopic (exact) mass is 287 g/mol. The Morgan fingerprint density at radius 3 is 2.43 bits per heavy atom. The minimum atomic E-state index is 0.117. The van der Waals surface area contributed by atoms with E-state index in [4.69, 9.17) is 0 Å². The fraction of sp³-hybridized carbons (Fsp3) is 0.529. The van der Waals surface area contributed by atoms with Crippen LogP contribution in [0.1, 0.15) is 55.4 Å². The van der Waals surface area contributed by atoms with Gasteiger partial charge in [0.05, 0.1) is 11.3 Å². The Hall–Kier alpha value is -1.84. The Morgan fingerprint density at radius 1 is 1.19 bits per heavy atom. The maximum atomic E-state index is 12.6. The fourth-order valence-corrected chi connectivity index (χ4v) is 2.71. The largest absolute Gasteiger partial charge is 0.339 e. The zero-order chi connectivity index (χ0) is 15.4. The number of aryl methyl sites for hydroxylation is 2. The molecular weight excluding hydrogens is 262 g/mol. The molecule has 4 nitrogen and oxygen atoms in total. The highest BCUT2D eigenvalue weighted by atomic mass is 16.2. The van der Waals surface area contributed by atoms with Crippen LogP contribution in [0.5, 0.6) is 0 Å². The third-order valence-corrected chi connectivity index (χ3v) is 3.81. The predicted octanol–water partition coefficient (Wildman–Crippen LogP) is 3.47. The summed E-state index contributed by atoms with van der Waals surface area (Å²) in [5.41, 5.74) is 3.88. The molecule has 0 saturated carbocycles. The summed E-state index contributed by atoms with van der Waals surface area (Å²) in [6.45, 7) is 10.00. The molecule has 0 radical (unpaired) electrons. The minimum absolute atomic E-state index is 0.117. The van der Waals surface area contributed by atoms with Crippen LogP contribution in [-0.2, 0) is 6.42 Å². The first-order chi connectivity index (χ1) is 10.1. The van der Waals surface area contributed by atoms with E-state index in [9.17, 15) is 4.79 Å². The standard InChI is InChI=1S/C17H25N3O/c1-5-10-19(11-6-2)17(21)14-8-9-16-18-15(7-3)13(4)20(16)12-14/h8-9,12H,5-7,10-11H2,1-4H3. The predicted molar refractivity (Wildman–Crippen MR) is 85.8 cm³/mol. The Balaban J connectivity index is 2.37. The molecule has 0 aliphatic heterocycles. The molecule has 0 aromatic carbocycles. The summed E-state index contributed by atoms with van der Waals surface area (Å²) in [5, 5.41) is 0. The second-order valence-electron chi connectivity index (χ2n) is 5.44. The van der Waals surface area contributed by atoms with Gasteiger partial charge in [0, 0.05) is 25.0 Å². The van der Waals surface area contributed by atoms with Crippen LogP contribution >= 0.6 is 0 Å². The normalized spacial score (nSPS) is 11.0. The smallest absolute Gasteiger partial charge is 0.255 e. The van der Waals surface area contributed by atoms with E-state index in [1.165, 1.54) is 0 Å². The number of carbonyl (C=O) groups excluding carboxylic acids is 1. The van der Waals surface area contributed by atoms with Crippen molar-refractivity contribution in [3.05, 3.63) is 35.3 Å². The lowest BCUT2D eigenvalue weighted by molar-refractivity contribution is 0.0755. The lowest BCUT2D eigenvalue weighted by Crippen LogP contribution is -2.32. The lowest BCUT2D eigenvalue weighted by atomic mass is 10.2. The van der Waals surface area contributed by atoms with Crippen LogP contribution in [0, 0.1) is 6.92 Å². The van der Waals surface area contributed by atoms with Gasteiger partial charge in [0.15, 0.2) is 0 Å². The van der Waals surface area contributed by atoms with Crippen molar-refractivity contribution >= 4 is 11.6 Å². The van der Waals surface area contributed by atoms with Gasteiger partial charge in [0.1, 0.15) is 5.65 Å². The Kier molecular flexibility index (Phi) is 4.99. The van der Waals surface area contributed by atoms with Crippen molar-refractivity contribution in [1.82, 2.24) is 14.3 Å². The molecule has 21 heavy (non-hydrogen) atoms. The van der Waals surface area contributed by atoms with Gasteiger partial charge in [-0.05, 0) is 38.3 Å². The number of imidazole rings is 1. The second-order valence-corrected chi connectivity index (χ2v) is 5.44. The third-order valence-electron chi connectivity index (χ3n) is 3.81. The zero-order valence-corrected chi connectivity index (χ0v) is 13.5. The highest BCUT2D eigenvalue weighted by molar-refractivity contribution is 5.94. The van der Waals surface area contributed by atoms with E-state index < -0.39 is 0 Å². The van der Waals surface area contributed by atoms with E-state index in [0.29, 0.717) is 0 Å². The maximum Gasteiger partial charge on any atom is 0.255 e. The van der Waals surface area contributed by atoms with Gasteiger partial charge in [-0.25, -0.2) is 4.98 Å². The van der Waals surface area contributed by atoms with Crippen molar-refractivity contribution in [1.29, 1.82) is 0 Å². The summed E-state index contributed by atoms with van der Waals surface area (Å²) in [6.07, 6.45) is 4.81. The van der Waals surface area contributed by atoms with Crippen LogP contribution in [0.3, 0.4) is 0 Å². The molecule has 2 aromatic heterocycles. The number of fused-ring (bicyclic) bond motifs is 1. The SMILES string of the molecule is CCCN(CCC)C(=O)c1ccc2nc(CC)c(C)n2c1. The number of hydrogen-bond donors (Lipinski definition) is 0. The summed E-state index contributed by atoms with van der Waals surface area (Å²) in [4.78, 5) is 19.2. The first-order valence-electron chi connectivity index (χ1n) is 7.89. The van der Waals surface area contributed by atoms with Crippen molar-refractivity contribution in [2.24, 2.45) is 0 Å². The molecule has 4 heteroatoms. The van der Waals surface area contributed by atoms with E-state index in [2.05, 4.69) is 32.7 Å². The number of aromatic nitrogens is 2. The number of pyridine rings is 1. The Morgan fingerprint density at radius 2 is 1.86 bits per heavy atom. The lowest BCUT2D eigenvalue weighted by Gasteiger charge is -2.21. The maximum absolute atomic E-state index is 12.6. The first-order valence-corrected chi connectivity index (χ1v) is 7.89. The fourth-order valence-electron chi connectivity index (χ4n) is 2.71. The topological polar surface area (TPSA) is 37.6 Å². The first kappa shape index (κ1) is 15.5. The number of rotatable bonds is 6. The van der Waals surface area contributed by atoms with Crippen LogP contribution in [0.25, 0.3) is 5.65 Å². The quantitative estimate of drug-likeness (QED) is 0.816. The zero-order valence-electron chi connectivity index (χ0n) is 13.5. The Bertz CT molecular complexity index is 624. The summed E-state index contributed by atoms with van der Waals surface area (Å²) < 4.78 is 2.03. The van der Waals surface area contributed by atoms with Gasteiger partial charge in [-0.15, -0.1) is 0 Å². The van der Waals surface area contributed by atoms with Crippen LogP contribution in [0.4, 0.5) is 0 Å². The number of hydrogen-bond acceptors (Lipinski definition) is 2. The molecule has 1 amide bonds. The van der Waals surface area contributed by atoms with Gasteiger partial charge in [-0.2, -0.15) is 0 Å². The van der Waals surface area contributed by atoms with E-state index in [1.54, 1.807) is 0 Å². The molecule has 2 rings (SSSR count). The van der Waals surface area contributed by atoms with E-state index in [0.717, 1.165) is 55.0 Å². The number of carbonyl (C=O) groups is 1. The molecule has 0 aliphatic carbocycles. The third kappa shape index (κ3) is 3.09. The minimum Gasteiger partial charge on any atom is -0.339 e. The molecular formula is C17H25N3O. The van der Waals surface area contributed by atoms with Crippen molar-refractivity contribution in [3.8, 4) is 0 Å². The number of amides is 1. The van der Waals surface area contributed by atoms with Gasteiger partial charge >= 0.3 is 0 Å². The second kappa shape index (κ2) is 6.74. The molecule has 0 fully saturated rings. The van der Waals surface area contributed by atoms with E-state index in [1.807, 2.05) is 27.6 Å². The van der Waals surface area contributed by atoms with Crippen LogP contribution < -0.4 is 0 Å². The molecule has 0 unspecified atom stereocenters. The molecule has 2 aromatic rings. The molecule has 0 saturated heterocycles. The van der Waals surface area contributed by atoms with Gasteiger partial charge < -0.3 is 9.30 Å². The highest BCUT2D eigenvalue weighted by Gasteiger charge is 2.16. The molecule has 2 heterocycles. The molecule has 0 N–H and O–H groups in total. The van der Waals surface area contributed by atoms with E-state index >= 15 is 0 Å². The Labute approximate surface area is 126 Å². The van der Waals surface area contributed by atoms with E-state index in [-0.39, 0.29) is 5.91 Å². The van der Waals surface area contributed by atoms with Crippen LogP contribution in [0.2, 0.25) is 0 Å². The average molecular weight is 287 g/mol. The van der Waals surface area contributed by atoms with Crippen molar-refractivity contribution < 1.29 is 4.79 Å². The molecule has 0 spiro atoms. The molecule has 114 valence electrons. The van der Waals surface area contributed by atoms with Crippen LogP contribution in [0.15, 0.2) is 18.3 Å². The summed E-state index contributed by atoms with van der Waals surface area (Å²) in [7, 11) is 0. The van der Waals surface area contributed by atoms with Crippen LogP contribution in [-0.4, -0.2) is 33.3 Å². The van der Waals surface area contributed by atoms with Crippen molar-refractivity contribution in [3.63, 3.8) is 0 Å². The molecule has 0 bridgehead atoms. The van der Waals surface area contributed by atoms with Gasteiger partial charge in [-0.1, -0.05) is 20.8 Å². The average Bonchev–Trinajstić information content (AvgIpc) is 2.82. The van der Waals surface area contributed by atoms with Gasteiger partial charge in [0.2, 0.25) is 0 Å².